The molecule has 6 heteroatoms. The molecule has 3 aromatic carbocycles. The molecule has 2 atom stereocenters. The standard InChI is InChI=1S/C23H18BrFN2O2/c24-15-10-11-17(19(25)12-15)22(14-6-2-1-3-7-14)27-23(29)18-13-21(28)26-20-9-5-4-8-16(18)20/h1-12,18,22H,13H2,(H,26,28)(H,27,29). The lowest BCUT2D eigenvalue weighted by atomic mass is 9.89. The molecule has 0 aliphatic carbocycles. The highest BCUT2D eigenvalue weighted by Gasteiger charge is 2.32. The Hall–Kier alpha value is -2.99. The van der Waals surface area contributed by atoms with Crippen molar-refractivity contribution in [3.63, 3.8) is 0 Å². The lowest BCUT2D eigenvalue weighted by molar-refractivity contribution is -0.126. The highest BCUT2D eigenvalue weighted by Crippen LogP contribution is 2.34. The first-order chi connectivity index (χ1) is 14.0. The fourth-order valence-electron chi connectivity index (χ4n) is 3.61. The molecule has 3 aromatic rings. The van der Waals surface area contributed by atoms with E-state index in [4.69, 9.17) is 0 Å². The molecule has 2 N–H and O–H groups in total. The summed E-state index contributed by atoms with van der Waals surface area (Å²) < 4.78 is 15.4. The lowest BCUT2D eigenvalue weighted by Gasteiger charge is -2.28. The van der Waals surface area contributed by atoms with Gasteiger partial charge in [-0.1, -0.05) is 70.5 Å². The number of carbonyl (C=O) groups excluding carboxylic acids is 2. The van der Waals surface area contributed by atoms with Crippen molar-refractivity contribution < 1.29 is 14.0 Å². The van der Waals surface area contributed by atoms with E-state index in [9.17, 15) is 14.0 Å². The summed E-state index contributed by atoms with van der Waals surface area (Å²) in [5, 5.41) is 5.76. The maximum Gasteiger partial charge on any atom is 0.228 e. The summed E-state index contributed by atoms with van der Waals surface area (Å²) in [4.78, 5) is 25.3. The van der Waals surface area contributed by atoms with Gasteiger partial charge in [-0.05, 0) is 29.3 Å². The van der Waals surface area contributed by atoms with E-state index in [0.29, 0.717) is 15.7 Å². The minimum absolute atomic E-state index is 0.0488. The van der Waals surface area contributed by atoms with Crippen molar-refractivity contribution in [1.29, 1.82) is 0 Å². The highest BCUT2D eigenvalue weighted by molar-refractivity contribution is 9.10. The van der Waals surface area contributed by atoms with Gasteiger partial charge in [0.05, 0.1) is 12.0 Å². The average molecular weight is 453 g/mol. The zero-order chi connectivity index (χ0) is 20.4. The number of nitrogens with one attached hydrogen (secondary N) is 2. The molecule has 0 aromatic heterocycles. The molecule has 1 aliphatic heterocycles. The summed E-state index contributed by atoms with van der Waals surface area (Å²) in [6.07, 6.45) is 0.0488. The summed E-state index contributed by atoms with van der Waals surface area (Å²) in [7, 11) is 0. The number of benzene rings is 3. The first kappa shape index (κ1) is 19.3. The highest BCUT2D eigenvalue weighted by atomic mass is 79.9. The molecule has 0 saturated carbocycles. The Morgan fingerprint density at radius 3 is 2.55 bits per heavy atom. The number of carbonyl (C=O) groups is 2. The summed E-state index contributed by atoms with van der Waals surface area (Å²) in [5.41, 5.74) is 2.51. The minimum atomic E-state index is -0.672. The first-order valence-corrected chi connectivity index (χ1v) is 10.0. The van der Waals surface area contributed by atoms with E-state index in [0.717, 1.165) is 11.1 Å². The van der Waals surface area contributed by atoms with Gasteiger partial charge in [-0.25, -0.2) is 4.39 Å². The molecule has 0 radical (unpaired) electrons. The predicted octanol–water partition coefficient (Wildman–Crippen LogP) is 4.92. The average Bonchev–Trinajstić information content (AvgIpc) is 2.72. The molecular weight excluding hydrogens is 435 g/mol. The van der Waals surface area contributed by atoms with E-state index in [1.165, 1.54) is 6.07 Å². The first-order valence-electron chi connectivity index (χ1n) is 9.22. The molecule has 1 aliphatic rings. The summed E-state index contributed by atoms with van der Waals surface area (Å²) in [6, 6.07) is 20.6. The third kappa shape index (κ3) is 4.07. The van der Waals surface area contributed by atoms with Crippen molar-refractivity contribution in [1.82, 2.24) is 5.32 Å². The topological polar surface area (TPSA) is 58.2 Å². The van der Waals surface area contributed by atoms with Crippen LogP contribution in [0, 0.1) is 5.82 Å². The van der Waals surface area contributed by atoms with Crippen molar-refractivity contribution in [2.45, 2.75) is 18.4 Å². The van der Waals surface area contributed by atoms with Crippen LogP contribution >= 0.6 is 15.9 Å². The second-order valence-electron chi connectivity index (χ2n) is 6.91. The molecule has 2 amide bonds. The quantitative estimate of drug-likeness (QED) is 0.589. The number of halogens is 2. The van der Waals surface area contributed by atoms with Crippen LogP contribution in [0.3, 0.4) is 0 Å². The normalized spacial score (nSPS) is 16.5. The van der Waals surface area contributed by atoms with Crippen molar-refractivity contribution in [2.75, 3.05) is 5.32 Å². The molecule has 4 nitrogen and oxygen atoms in total. The van der Waals surface area contributed by atoms with Crippen LogP contribution < -0.4 is 10.6 Å². The van der Waals surface area contributed by atoms with E-state index in [2.05, 4.69) is 26.6 Å². The Bertz CT molecular complexity index is 1070. The van der Waals surface area contributed by atoms with Gasteiger partial charge in [0, 0.05) is 22.1 Å². The van der Waals surface area contributed by atoms with Gasteiger partial charge >= 0.3 is 0 Å². The SMILES string of the molecule is O=C1CC(C(=O)NC(c2ccccc2)c2ccc(Br)cc2F)c2ccccc2N1. The molecule has 4 rings (SSSR count). The van der Waals surface area contributed by atoms with Gasteiger partial charge in [0.1, 0.15) is 5.82 Å². The number of rotatable bonds is 4. The van der Waals surface area contributed by atoms with Gasteiger partial charge in [0.15, 0.2) is 0 Å². The van der Waals surface area contributed by atoms with Gasteiger partial charge in [0.25, 0.3) is 0 Å². The van der Waals surface area contributed by atoms with Gasteiger partial charge in [-0.15, -0.1) is 0 Å². The molecule has 0 spiro atoms. The number of hydrogen-bond donors (Lipinski definition) is 2. The number of hydrogen-bond acceptors (Lipinski definition) is 2. The molecule has 0 bridgehead atoms. The fourth-order valence-corrected chi connectivity index (χ4v) is 3.94. The third-order valence-corrected chi connectivity index (χ3v) is 5.50. The Kier molecular flexibility index (Phi) is 5.45. The molecule has 0 saturated heterocycles. The van der Waals surface area contributed by atoms with E-state index in [1.807, 2.05) is 48.5 Å². The van der Waals surface area contributed by atoms with Crippen LogP contribution in [0.25, 0.3) is 0 Å². The number of amides is 2. The maximum atomic E-state index is 14.7. The van der Waals surface area contributed by atoms with Crippen LogP contribution in [-0.2, 0) is 9.59 Å². The van der Waals surface area contributed by atoms with Crippen LogP contribution in [0.5, 0.6) is 0 Å². The van der Waals surface area contributed by atoms with Gasteiger partial charge in [0.2, 0.25) is 11.8 Å². The second-order valence-corrected chi connectivity index (χ2v) is 7.83. The second kappa shape index (κ2) is 8.17. The van der Waals surface area contributed by atoms with Gasteiger partial charge < -0.3 is 10.6 Å². The Balaban J connectivity index is 1.70. The van der Waals surface area contributed by atoms with Crippen LogP contribution in [-0.4, -0.2) is 11.8 Å². The van der Waals surface area contributed by atoms with Gasteiger partial charge in [-0.2, -0.15) is 0 Å². The molecular formula is C23H18BrFN2O2. The van der Waals surface area contributed by atoms with E-state index < -0.39 is 17.8 Å². The molecule has 146 valence electrons. The smallest absolute Gasteiger partial charge is 0.228 e. The van der Waals surface area contributed by atoms with Crippen molar-refractivity contribution in [3.05, 3.63) is 99.8 Å². The predicted molar refractivity (Wildman–Crippen MR) is 113 cm³/mol. The number of para-hydroxylation sites is 1. The van der Waals surface area contributed by atoms with Crippen molar-refractivity contribution in [3.8, 4) is 0 Å². The summed E-state index contributed by atoms with van der Waals surface area (Å²) in [6.45, 7) is 0. The Morgan fingerprint density at radius 2 is 1.79 bits per heavy atom. The largest absolute Gasteiger partial charge is 0.345 e. The van der Waals surface area contributed by atoms with E-state index in [1.54, 1.807) is 18.2 Å². The lowest BCUT2D eigenvalue weighted by Crippen LogP contribution is -2.37. The molecule has 0 fully saturated rings. The monoisotopic (exact) mass is 452 g/mol. The van der Waals surface area contributed by atoms with Crippen molar-refractivity contribution in [2.24, 2.45) is 0 Å². The van der Waals surface area contributed by atoms with E-state index in [-0.39, 0.29) is 18.2 Å². The summed E-state index contributed by atoms with van der Waals surface area (Å²) >= 11 is 3.27. The fraction of sp³-hybridized carbons (Fsp3) is 0.130. The van der Waals surface area contributed by atoms with Crippen molar-refractivity contribution >= 4 is 33.4 Å². The zero-order valence-electron chi connectivity index (χ0n) is 15.4. The molecule has 2 unspecified atom stereocenters. The summed E-state index contributed by atoms with van der Waals surface area (Å²) in [5.74, 6) is -1.58. The third-order valence-electron chi connectivity index (χ3n) is 5.01. The van der Waals surface area contributed by atoms with Crippen LogP contribution in [0.1, 0.15) is 35.1 Å². The Morgan fingerprint density at radius 1 is 1.07 bits per heavy atom. The number of fused-ring (bicyclic) bond motifs is 1. The van der Waals surface area contributed by atoms with Crippen LogP contribution in [0.15, 0.2) is 77.3 Å². The maximum absolute atomic E-state index is 14.7. The number of anilines is 1. The van der Waals surface area contributed by atoms with E-state index >= 15 is 0 Å². The van der Waals surface area contributed by atoms with Gasteiger partial charge in [-0.3, -0.25) is 9.59 Å². The molecule has 1 heterocycles. The molecule has 29 heavy (non-hydrogen) atoms. The Labute approximate surface area is 176 Å². The minimum Gasteiger partial charge on any atom is -0.345 e. The van der Waals surface area contributed by atoms with Crippen LogP contribution in [0.4, 0.5) is 10.1 Å². The van der Waals surface area contributed by atoms with Crippen LogP contribution in [0.2, 0.25) is 0 Å². The zero-order valence-corrected chi connectivity index (χ0v) is 16.9.